The molecule has 0 spiro atoms. The van der Waals surface area contributed by atoms with Crippen LogP contribution in [0.25, 0.3) is 32.3 Å². The highest BCUT2D eigenvalue weighted by molar-refractivity contribution is 8.32. The topological polar surface area (TPSA) is 6.48 Å². The molecule has 0 aliphatic carbocycles. The van der Waals surface area contributed by atoms with E-state index in [1.165, 1.54) is 70.4 Å². The standard InChI is InChI=1S/C46H40N2S/c1-46(2,3)33-26-31-22-24-40-42-30-43(41-25-23-32(27-33)44(31)45(40)41)48(35-16-10-7-11-17-35)37-19-13-21-39(29-37)49(4,5)38-20-12-18-36(28-38)47(42)34-14-8-6-9-15-34/h6-30H,1-5H3. The predicted octanol–water partition coefficient (Wildman–Crippen LogP) is 13.6. The van der Waals surface area contributed by atoms with Crippen LogP contribution in [-0.4, -0.2) is 12.5 Å². The van der Waals surface area contributed by atoms with Crippen LogP contribution in [0.5, 0.6) is 0 Å². The molecule has 1 aliphatic heterocycles. The first-order valence-electron chi connectivity index (χ1n) is 17.1. The average molecular weight is 653 g/mol. The van der Waals surface area contributed by atoms with Crippen molar-refractivity contribution in [2.24, 2.45) is 0 Å². The van der Waals surface area contributed by atoms with Crippen LogP contribution in [0.4, 0.5) is 34.1 Å². The van der Waals surface area contributed by atoms with Gasteiger partial charge in [-0.1, -0.05) is 106 Å². The minimum atomic E-state index is -1.34. The molecule has 6 bridgehead atoms. The first-order chi connectivity index (χ1) is 23.7. The number of benzene rings is 8. The van der Waals surface area contributed by atoms with E-state index in [2.05, 4.69) is 195 Å². The molecular formula is C46H40N2S. The van der Waals surface area contributed by atoms with Gasteiger partial charge in [0.2, 0.25) is 0 Å². The van der Waals surface area contributed by atoms with Gasteiger partial charge in [0.1, 0.15) is 0 Å². The van der Waals surface area contributed by atoms with Crippen molar-refractivity contribution in [1.82, 2.24) is 0 Å². The quantitative estimate of drug-likeness (QED) is 0.171. The van der Waals surface area contributed by atoms with Crippen LogP contribution < -0.4 is 9.80 Å². The Balaban J connectivity index is 1.50. The van der Waals surface area contributed by atoms with E-state index >= 15 is 0 Å². The van der Waals surface area contributed by atoms with Crippen molar-refractivity contribution in [2.75, 3.05) is 22.3 Å². The molecule has 0 radical (unpaired) electrons. The minimum Gasteiger partial charge on any atom is -0.310 e. The van der Waals surface area contributed by atoms with Crippen LogP contribution >= 0.6 is 10.0 Å². The van der Waals surface area contributed by atoms with Gasteiger partial charge in [-0.15, -0.1) is 0 Å². The Morgan fingerprint density at radius 2 is 0.878 bits per heavy atom. The van der Waals surface area contributed by atoms with Gasteiger partial charge in [0.25, 0.3) is 0 Å². The zero-order valence-corrected chi connectivity index (χ0v) is 29.6. The van der Waals surface area contributed by atoms with Crippen LogP contribution in [0, 0.1) is 0 Å². The van der Waals surface area contributed by atoms with E-state index in [0.717, 1.165) is 11.4 Å². The van der Waals surface area contributed by atoms with Gasteiger partial charge >= 0.3 is 0 Å². The van der Waals surface area contributed by atoms with Gasteiger partial charge in [0.05, 0.1) is 11.4 Å². The van der Waals surface area contributed by atoms with Crippen LogP contribution in [0.2, 0.25) is 0 Å². The predicted molar refractivity (Wildman–Crippen MR) is 214 cm³/mol. The molecule has 1 aliphatic rings. The zero-order valence-electron chi connectivity index (χ0n) is 28.7. The molecule has 0 unspecified atom stereocenters. The third-order valence-electron chi connectivity index (χ3n) is 10.4. The molecule has 0 saturated heterocycles. The lowest BCUT2D eigenvalue weighted by molar-refractivity contribution is 0.591. The smallest absolute Gasteiger partial charge is 0.0561 e. The average Bonchev–Trinajstić information content (AvgIpc) is 3.12. The van der Waals surface area contributed by atoms with Crippen molar-refractivity contribution in [3.05, 3.63) is 157 Å². The summed E-state index contributed by atoms with van der Waals surface area (Å²) in [5.41, 5.74) is 8.38. The number of hydrogen-bond donors (Lipinski definition) is 0. The molecule has 3 heteroatoms. The number of nitrogens with zero attached hydrogens (tertiary/aromatic N) is 2. The summed E-state index contributed by atoms with van der Waals surface area (Å²) >= 11 is 0. The first-order valence-corrected chi connectivity index (χ1v) is 19.5. The SMILES string of the molecule is CC(C)(C)c1cc2ccc3c4cc(c5ccc(c1)c2c35)N(c1ccccc1)c1cccc(c1)S(C)(C)c1cccc(c1)N4c1ccccc1. The van der Waals surface area contributed by atoms with Gasteiger partial charge in [-0.2, -0.15) is 10.0 Å². The van der Waals surface area contributed by atoms with Crippen LogP contribution in [0.3, 0.4) is 0 Å². The number of hydrogen-bond acceptors (Lipinski definition) is 2. The maximum atomic E-state index is 2.48. The fourth-order valence-corrected chi connectivity index (χ4v) is 9.65. The maximum absolute atomic E-state index is 2.48. The molecule has 0 atom stereocenters. The number of para-hydroxylation sites is 2. The fraction of sp³-hybridized carbons (Fsp3) is 0.130. The first kappa shape index (κ1) is 29.9. The van der Waals surface area contributed by atoms with Crippen molar-refractivity contribution < 1.29 is 0 Å². The summed E-state index contributed by atoms with van der Waals surface area (Å²) in [6.07, 6.45) is 4.86. The molecule has 0 aromatic heterocycles. The second kappa shape index (κ2) is 10.9. The molecule has 1 heterocycles. The second-order valence-electron chi connectivity index (χ2n) is 14.7. The Kier molecular flexibility index (Phi) is 6.63. The largest absolute Gasteiger partial charge is 0.310 e. The molecular weight excluding hydrogens is 613 g/mol. The number of fused-ring (bicyclic) bond motifs is 8. The third kappa shape index (κ3) is 4.71. The molecule has 0 amide bonds. The summed E-state index contributed by atoms with van der Waals surface area (Å²) in [6.45, 7) is 6.92. The van der Waals surface area contributed by atoms with Crippen molar-refractivity contribution in [2.45, 2.75) is 36.0 Å². The summed E-state index contributed by atoms with van der Waals surface area (Å²) < 4.78 is 0. The Morgan fingerprint density at radius 3 is 1.33 bits per heavy atom. The summed E-state index contributed by atoms with van der Waals surface area (Å²) in [5, 5.41) is 7.71. The summed E-state index contributed by atoms with van der Waals surface area (Å²) in [4.78, 5) is 7.69. The van der Waals surface area contributed by atoms with E-state index in [1.807, 2.05) is 0 Å². The molecule has 0 saturated carbocycles. The molecule has 8 aromatic rings. The van der Waals surface area contributed by atoms with E-state index in [-0.39, 0.29) is 5.41 Å². The third-order valence-corrected chi connectivity index (χ3v) is 13.2. The lowest BCUT2D eigenvalue weighted by atomic mass is 9.83. The van der Waals surface area contributed by atoms with Gasteiger partial charge in [-0.3, -0.25) is 0 Å². The maximum Gasteiger partial charge on any atom is 0.0561 e. The van der Waals surface area contributed by atoms with Crippen molar-refractivity contribution in [3.63, 3.8) is 0 Å². The Bertz CT molecular complexity index is 2350. The lowest BCUT2D eigenvalue weighted by Gasteiger charge is -2.37. The molecule has 8 aromatic carbocycles. The summed E-state index contributed by atoms with van der Waals surface area (Å²) in [5.74, 6) is 0. The van der Waals surface area contributed by atoms with Gasteiger partial charge in [0, 0.05) is 38.9 Å². The lowest BCUT2D eigenvalue weighted by Crippen LogP contribution is -2.16. The van der Waals surface area contributed by atoms with Crippen LogP contribution in [0.15, 0.2) is 161 Å². The molecule has 9 rings (SSSR count). The Morgan fingerprint density at radius 1 is 0.429 bits per heavy atom. The van der Waals surface area contributed by atoms with Gasteiger partial charge in [0.15, 0.2) is 0 Å². The number of rotatable bonds is 2. The molecule has 0 fully saturated rings. The molecule has 0 N–H and O–H groups in total. The second-order valence-corrected chi connectivity index (χ2v) is 18.3. The van der Waals surface area contributed by atoms with Gasteiger partial charge in [-0.25, -0.2) is 0 Å². The van der Waals surface area contributed by atoms with Crippen LogP contribution in [0.1, 0.15) is 26.3 Å². The monoisotopic (exact) mass is 652 g/mol. The Hall–Kier alpha value is -5.25. The van der Waals surface area contributed by atoms with Gasteiger partial charge in [-0.05, 0) is 116 Å². The van der Waals surface area contributed by atoms with E-state index in [0.29, 0.717) is 0 Å². The summed E-state index contributed by atoms with van der Waals surface area (Å²) in [7, 11) is -1.34. The van der Waals surface area contributed by atoms with E-state index in [4.69, 9.17) is 0 Å². The van der Waals surface area contributed by atoms with Gasteiger partial charge < -0.3 is 9.80 Å². The Labute approximate surface area is 290 Å². The van der Waals surface area contributed by atoms with E-state index in [9.17, 15) is 0 Å². The number of anilines is 6. The molecule has 49 heavy (non-hydrogen) atoms. The molecule has 240 valence electrons. The van der Waals surface area contributed by atoms with Crippen LogP contribution in [-0.2, 0) is 5.41 Å². The van der Waals surface area contributed by atoms with Crippen molar-refractivity contribution >= 4 is 76.5 Å². The minimum absolute atomic E-state index is 0.0501. The zero-order chi connectivity index (χ0) is 33.5. The van der Waals surface area contributed by atoms with E-state index < -0.39 is 10.0 Å². The highest BCUT2D eigenvalue weighted by Gasteiger charge is 2.28. The van der Waals surface area contributed by atoms with E-state index in [1.54, 1.807) is 0 Å². The summed E-state index contributed by atoms with van der Waals surface area (Å²) in [6, 6.07) is 57.0. The molecule has 2 nitrogen and oxygen atoms in total. The van der Waals surface area contributed by atoms with Crippen molar-refractivity contribution in [1.29, 1.82) is 0 Å². The highest BCUT2D eigenvalue weighted by Crippen LogP contribution is 2.59. The highest BCUT2D eigenvalue weighted by atomic mass is 32.3. The normalized spacial score (nSPS) is 15.0. The fourth-order valence-electron chi connectivity index (χ4n) is 7.71. The van der Waals surface area contributed by atoms with Crippen molar-refractivity contribution in [3.8, 4) is 0 Å².